The van der Waals surface area contributed by atoms with E-state index in [1.807, 2.05) is 0 Å². The van der Waals surface area contributed by atoms with E-state index in [0.29, 0.717) is 34.2 Å². The van der Waals surface area contributed by atoms with Gasteiger partial charge in [0.2, 0.25) is 0 Å². The molecule has 1 aromatic rings. The molecule has 3 rings (SSSR count). The highest BCUT2D eigenvalue weighted by molar-refractivity contribution is 6.37. The van der Waals surface area contributed by atoms with Crippen molar-refractivity contribution in [3.63, 3.8) is 0 Å². The summed E-state index contributed by atoms with van der Waals surface area (Å²) in [5, 5.41) is 5.19. The molecule has 0 N–H and O–H groups in total. The number of nitrogens with zero attached hydrogens (tertiary/aromatic N) is 3. The van der Waals surface area contributed by atoms with Crippen LogP contribution in [0.1, 0.15) is 45.4 Å². The zero-order valence-corrected chi connectivity index (χ0v) is 17.9. The van der Waals surface area contributed by atoms with E-state index in [4.69, 9.17) is 23.2 Å². The molecule has 0 aliphatic heterocycles. The SMILES string of the molecule is CC(C)C(=O)Cn1nc(C2=C(Cl)C=C(Cl)CC2)n(C2=CC=C(C(F)(F)F)CC2)c1=O. The number of halogens is 5. The third kappa shape index (κ3) is 4.64. The summed E-state index contributed by atoms with van der Waals surface area (Å²) >= 11 is 12.4. The average Bonchev–Trinajstić information content (AvgIpc) is 2.97. The molecule has 0 unspecified atom stereocenters. The molecule has 0 radical (unpaired) electrons. The van der Waals surface area contributed by atoms with Gasteiger partial charge in [0.15, 0.2) is 11.6 Å². The van der Waals surface area contributed by atoms with Gasteiger partial charge in [-0.2, -0.15) is 13.2 Å². The number of aromatic nitrogens is 3. The second-order valence-electron chi connectivity index (χ2n) is 7.49. The highest BCUT2D eigenvalue weighted by atomic mass is 35.5. The van der Waals surface area contributed by atoms with Crippen LogP contribution in [-0.4, -0.2) is 26.3 Å². The van der Waals surface area contributed by atoms with Crippen molar-refractivity contribution in [2.75, 3.05) is 0 Å². The van der Waals surface area contributed by atoms with Crippen LogP contribution in [-0.2, 0) is 11.3 Å². The number of hydrogen-bond donors (Lipinski definition) is 0. The number of allylic oxidation sites excluding steroid dienone is 8. The standard InChI is InChI=1S/C20H20Cl2F3N3O2/c1-11(2)17(29)10-27-19(30)28(14-6-3-12(4-7-14)20(23,24)25)18(26-27)15-8-5-13(21)9-16(15)22/h3,6,9,11H,4-5,7-8,10H2,1-2H3. The van der Waals surface area contributed by atoms with E-state index < -0.39 is 17.4 Å². The maximum atomic E-state index is 13.1. The molecule has 0 spiro atoms. The zero-order chi connectivity index (χ0) is 22.2. The van der Waals surface area contributed by atoms with E-state index in [1.54, 1.807) is 19.9 Å². The molecule has 0 saturated carbocycles. The first-order chi connectivity index (χ1) is 14.0. The molecule has 10 heteroatoms. The van der Waals surface area contributed by atoms with Gasteiger partial charge in [0.05, 0.1) is 0 Å². The summed E-state index contributed by atoms with van der Waals surface area (Å²) in [5.74, 6) is -0.259. The van der Waals surface area contributed by atoms with Gasteiger partial charge in [-0.1, -0.05) is 43.1 Å². The largest absolute Gasteiger partial charge is 0.412 e. The van der Waals surface area contributed by atoms with Gasteiger partial charge in [-0.25, -0.2) is 14.0 Å². The number of Topliss-reactive ketones (excluding diaryl/α,β-unsaturated/α-hetero) is 1. The molecule has 5 nitrogen and oxygen atoms in total. The predicted octanol–water partition coefficient (Wildman–Crippen LogP) is 5.26. The summed E-state index contributed by atoms with van der Waals surface area (Å²) in [6.07, 6.45) is 0.0502. The fraction of sp³-hybridized carbons (Fsp3) is 0.450. The van der Waals surface area contributed by atoms with Crippen molar-refractivity contribution < 1.29 is 18.0 Å². The number of ketones is 1. The van der Waals surface area contributed by atoms with E-state index in [0.717, 1.165) is 10.8 Å². The number of hydrogen-bond acceptors (Lipinski definition) is 3. The van der Waals surface area contributed by atoms with Gasteiger partial charge in [-0.15, -0.1) is 5.10 Å². The van der Waals surface area contributed by atoms with E-state index in [2.05, 4.69) is 5.10 Å². The van der Waals surface area contributed by atoms with Crippen LogP contribution in [0.25, 0.3) is 11.3 Å². The third-order valence-corrected chi connectivity index (χ3v) is 5.66. The van der Waals surface area contributed by atoms with E-state index >= 15 is 0 Å². The second-order valence-corrected chi connectivity index (χ2v) is 8.38. The third-order valence-electron chi connectivity index (χ3n) is 5.02. The van der Waals surface area contributed by atoms with Crippen molar-refractivity contribution in [2.45, 2.75) is 52.3 Å². The summed E-state index contributed by atoms with van der Waals surface area (Å²) in [6, 6.07) is 0. The lowest BCUT2D eigenvalue weighted by molar-refractivity contribution is -0.122. The highest BCUT2D eigenvalue weighted by Crippen LogP contribution is 2.37. The summed E-state index contributed by atoms with van der Waals surface area (Å²) in [7, 11) is 0. The summed E-state index contributed by atoms with van der Waals surface area (Å²) < 4.78 is 41.2. The molecular formula is C20H20Cl2F3N3O2. The van der Waals surface area contributed by atoms with Gasteiger partial charge >= 0.3 is 11.9 Å². The molecule has 0 saturated heterocycles. The second kappa shape index (κ2) is 8.59. The average molecular weight is 462 g/mol. The monoisotopic (exact) mass is 461 g/mol. The Bertz CT molecular complexity index is 1060. The number of rotatable bonds is 5. The minimum atomic E-state index is -4.42. The first-order valence-corrected chi connectivity index (χ1v) is 10.2. The fourth-order valence-electron chi connectivity index (χ4n) is 3.22. The van der Waals surface area contributed by atoms with E-state index in [1.165, 1.54) is 10.6 Å². The lowest BCUT2D eigenvalue weighted by atomic mass is 10.0. The molecule has 1 heterocycles. The maximum Gasteiger partial charge on any atom is 0.412 e. The van der Waals surface area contributed by atoms with Crippen LogP contribution in [0.4, 0.5) is 13.2 Å². The Morgan fingerprint density at radius 3 is 2.40 bits per heavy atom. The van der Waals surface area contributed by atoms with Crippen LogP contribution < -0.4 is 5.69 Å². The zero-order valence-electron chi connectivity index (χ0n) is 16.4. The molecule has 162 valence electrons. The molecular weight excluding hydrogens is 442 g/mol. The van der Waals surface area contributed by atoms with Crippen molar-refractivity contribution >= 4 is 40.3 Å². The normalized spacial score (nSPS) is 17.8. The van der Waals surface area contributed by atoms with Gasteiger partial charge in [-0.3, -0.25) is 4.79 Å². The van der Waals surface area contributed by atoms with Crippen LogP contribution in [0.15, 0.2) is 38.7 Å². The minimum Gasteiger partial charge on any atom is -0.297 e. The lowest BCUT2D eigenvalue weighted by Gasteiger charge is -2.19. The molecule has 1 aromatic heterocycles. The lowest BCUT2D eigenvalue weighted by Crippen LogP contribution is -2.29. The van der Waals surface area contributed by atoms with Gasteiger partial charge in [0.1, 0.15) is 6.54 Å². The molecule has 0 atom stereocenters. The molecule has 0 aromatic carbocycles. The Labute approximate surface area is 181 Å². The van der Waals surface area contributed by atoms with Crippen LogP contribution in [0.2, 0.25) is 0 Å². The Hall–Kier alpha value is -2.06. The van der Waals surface area contributed by atoms with E-state index in [-0.39, 0.29) is 36.9 Å². The maximum absolute atomic E-state index is 13.1. The molecule has 0 amide bonds. The molecule has 30 heavy (non-hydrogen) atoms. The first-order valence-electron chi connectivity index (χ1n) is 9.44. The molecule has 0 bridgehead atoms. The summed E-state index contributed by atoms with van der Waals surface area (Å²) in [5.41, 5.74) is -0.330. The number of carbonyl (C=O) groups is 1. The Balaban J connectivity index is 2.14. The van der Waals surface area contributed by atoms with Crippen molar-refractivity contribution in [1.82, 2.24) is 14.3 Å². The predicted molar refractivity (Wildman–Crippen MR) is 110 cm³/mol. The van der Waals surface area contributed by atoms with Gasteiger partial charge in [0.25, 0.3) is 0 Å². The fourth-order valence-corrected chi connectivity index (χ4v) is 3.79. The smallest absolute Gasteiger partial charge is 0.297 e. The molecule has 2 aliphatic carbocycles. The van der Waals surface area contributed by atoms with Crippen molar-refractivity contribution in [3.05, 3.63) is 50.2 Å². The number of carbonyl (C=O) groups excluding carboxylic acids is 1. The van der Waals surface area contributed by atoms with Crippen molar-refractivity contribution in [3.8, 4) is 0 Å². The van der Waals surface area contributed by atoms with Crippen LogP contribution in [0, 0.1) is 5.92 Å². The first kappa shape index (κ1) is 22.6. The topological polar surface area (TPSA) is 56.9 Å². The van der Waals surface area contributed by atoms with Crippen LogP contribution in [0.3, 0.4) is 0 Å². The van der Waals surface area contributed by atoms with Crippen molar-refractivity contribution in [1.29, 1.82) is 0 Å². The quantitative estimate of drug-likeness (QED) is 0.600. The van der Waals surface area contributed by atoms with Gasteiger partial charge in [-0.05, 0) is 37.8 Å². The van der Waals surface area contributed by atoms with Gasteiger partial charge < -0.3 is 0 Å². The minimum absolute atomic E-state index is 0.00354. The summed E-state index contributed by atoms with van der Waals surface area (Å²) in [4.78, 5) is 25.2. The van der Waals surface area contributed by atoms with Gasteiger partial charge in [0, 0.05) is 32.8 Å². The van der Waals surface area contributed by atoms with E-state index in [9.17, 15) is 22.8 Å². The van der Waals surface area contributed by atoms with Crippen LogP contribution >= 0.6 is 23.2 Å². The molecule has 0 fully saturated rings. The number of alkyl halides is 3. The molecule has 2 aliphatic rings. The summed E-state index contributed by atoms with van der Waals surface area (Å²) in [6.45, 7) is 3.20. The van der Waals surface area contributed by atoms with Crippen molar-refractivity contribution in [2.24, 2.45) is 5.92 Å². The Morgan fingerprint density at radius 1 is 1.17 bits per heavy atom. The highest BCUT2D eigenvalue weighted by Gasteiger charge is 2.34. The Morgan fingerprint density at radius 2 is 1.87 bits per heavy atom. The van der Waals surface area contributed by atoms with Crippen LogP contribution in [0.5, 0.6) is 0 Å². The Kier molecular flexibility index (Phi) is 6.48.